The van der Waals surface area contributed by atoms with E-state index in [0.717, 1.165) is 17.2 Å². The number of guanidine groups is 1. The third kappa shape index (κ3) is 5.04. The van der Waals surface area contributed by atoms with Crippen LogP contribution < -0.4 is 11.1 Å². The second-order valence-corrected chi connectivity index (χ2v) is 6.06. The number of nitrogens with two attached hydrogens (primary N) is 1. The minimum atomic E-state index is 0. The van der Waals surface area contributed by atoms with Gasteiger partial charge in [-0.3, -0.25) is 4.57 Å². The van der Waals surface area contributed by atoms with Gasteiger partial charge in [0.1, 0.15) is 12.9 Å². The van der Waals surface area contributed by atoms with Gasteiger partial charge < -0.3 is 11.1 Å². The Morgan fingerprint density at radius 1 is 1.15 bits per heavy atom. The van der Waals surface area contributed by atoms with Gasteiger partial charge in [0.15, 0.2) is 11.8 Å². The Hall–Kier alpha value is -2.42. The van der Waals surface area contributed by atoms with Gasteiger partial charge >= 0.3 is 0 Å². The van der Waals surface area contributed by atoms with Gasteiger partial charge in [0.2, 0.25) is 0 Å². The van der Waals surface area contributed by atoms with E-state index in [9.17, 15) is 0 Å². The van der Waals surface area contributed by atoms with Crippen LogP contribution in [0.4, 0.5) is 5.69 Å². The van der Waals surface area contributed by atoms with E-state index < -0.39 is 0 Å². The highest BCUT2D eigenvalue weighted by molar-refractivity contribution is 14.0. The summed E-state index contributed by atoms with van der Waals surface area (Å²) in [6.45, 7) is 4.66. The summed E-state index contributed by atoms with van der Waals surface area (Å²) in [5, 5.41) is 11.2. The molecule has 1 heterocycles. The third-order valence-corrected chi connectivity index (χ3v) is 3.87. The Labute approximate surface area is 170 Å². The molecule has 0 saturated carbocycles. The molecule has 0 radical (unpaired) electrons. The van der Waals surface area contributed by atoms with Crippen molar-refractivity contribution in [3.63, 3.8) is 0 Å². The highest BCUT2D eigenvalue weighted by Crippen LogP contribution is 2.18. The molecule has 0 aliphatic rings. The van der Waals surface area contributed by atoms with E-state index in [2.05, 4.69) is 46.5 Å². The summed E-state index contributed by atoms with van der Waals surface area (Å²) in [6, 6.07) is 18.1. The van der Waals surface area contributed by atoms with Crippen molar-refractivity contribution in [3.05, 3.63) is 72.3 Å². The van der Waals surface area contributed by atoms with Gasteiger partial charge in [0, 0.05) is 11.4 Å². The molecule has 0 unspecified atom stereocenters. The first-order valence-corrected chi connectivity index (χ1v) is 8.24. The van der Waals surface area contributed by atoms with Crippen LogP contribution in [0.3, 0.4) is 0 Å². The maximum Gasteiger partial charge on any atom is 0.193 e. The van der Waals surface area contributed by atoms with Crippen molar-refractivity contribution in [2.24, 2.45) is 10.7 Å². The highest BCUT2D eigenvalue weighted by Gasteiger charge is 2.06. The van der Waals surface area contributed by atoms with Gasteiger partial charge in [-0.2, -0.15) is 0 Å². The van der Waals surface area contributed by atoms with Crippen LogP contribution in [0.15, 0.2) is 65.9 Å². The zero-order valence-corrected chi connectivity index (χ0v) is 17.2. The van der Waals surface area contributed by atoms with Crippen LogP contribution in [0.25, 0.3) is 5.69 Å². The largest absolute Gasteiger partial charge is 0.370 e. The molecular formula is C19H23IN6. The molecule has 0 spiro atoms. The number of halogens is 1. The first-order valence-electron chi connectivity index (χ1n) is 8.24. The van der Waals surface area contributed by atoms with Crippen molar-refractivity contribution in [2.75, 3.05) is 5.32 Å². The molecule has 136 valence electrons. The highest BCUT2D eigenvalue weighted by atomic mass is 127. The fraction of sp³-hybridized carbons (Fsp3) is 0.211. The van der Waals surface area contributed by atoms with Crippen molar-refractivity contribution in [2.45, 2.75) is 26.3 Å². The summed E-state index contributed by atoms with van der Waals surface area (Å²) in [5.41, 5.74) is 9.19. The maximum atomic E-state index is 6.02. The van der Waals surface area contributed by atoms with Crippen LogP contribution in [0.1, 0.15) is 31.2 Å². The SMILES string of the molecule is CC(C)c1cccc(NC(N)=NCc2nncn2-c2ccccc2)c1.I. The molecule has 6 nitrogen and oxygen atoms in total. The summed E-state index contributed by atoms with van der Waals surface area (Å²) in [4.78, 5) is 4.38. The molecule has 1 aromatic heterocycles. The van der Waals surface area contributed by atoms with E-state index in [1.54, 1.807) is 6.33 Å². The third-order valence-electron chi connectivity index (χ3n) is 3.87. The zero-order chi connectivity index (χ0) is 17.6. The van der Waals surface area contributed by atoms with E-state index in [4.69, 9.17) is 5.73 Å². The van der Waals surface area contributed by atoms with Gasteiger partial charge in [0.25, 0.3) is 0 Å². The van der Waals surface area contributed by atoms with Crippen LogP contribution in [0, 0.1) is 0 Å². The normalized spacial score (nSPS) is 11.3. The Bertz CT molecular complexity index is 857. The molecule has 2 aromatic carbocycles. The van der Waals surface area contributed by atoms with Crippen molar-refractivity contribution < 1.29 is 0 Å². The van der Waals surface area contributed by atoms with Crippen LogP contribution >= 0.6 is 24.0 Å². The molecule has 0 aliphatic heterocycles. The Balaban J connectivity index is 0.00000243. The maximum absolute atomic E-state index is 6.02. The summed E-state index contributed by atoms with van der Waals surface area (Å²) in [7, 11) is 0. The van der Waals surface area contributed by atoms with Crippen LogP contribution in [0.2, 0.25) is 0 Å². The number of hydrogen-bond acceptors (Lipinski definition) is 3. The van der Waals surface area contributed by atoms with Crippen molar-refractivity contribution in [1.82, 2.24) is 14.8 Å². The van der Waals surface area contributed by atoms with Gasteiger partial charge in [-0.1, -0.05) is 44.2 Å². The molecule has 0 bridgehead atoms. The number of nitrogens with zero attached hydrogens (tertiary/aromatic N) is 4. The number of para-hydroxylation sites is 1. The first-order chi connectivity index (χ1) is 12.1. The second kappa shape index (κ2) is 9.33. The number of benzene rings is 2. The van der Waals surface area contributed by atoms with Gasteiger partial charge in [-0.15, -0.1) is 34.2 Å². The summed E-state index contributed by atoms with van der Waals surface area (Å²) in [5.74, 6) is 1.54. The first kappa shape index (κ1) is 19.9. The fourth-order valence-corrected chi connectivity index (χ4v) is 2.49. The minimum Gasteiger partial charge on any atom is -0.370 e. The lowest BCUT2D eigenvalue weighted by Gasteiger charge is -2.10. The molecule has 26 heavy (non-hydrogen) atoms. The number of aliphatic imine (C=N–C) groups is 1. The smallest absolute Gasteiger partial charge is 0.193 e. The number of aromatic nitrogens is 3. The lowest BCUT2D eigenvalue weighted by atomic mass is 10.0. The number of rotatable bonds is 5. The van der Waals surface area contributed by atoms with E-state index in [1.807, 2.05) is 47.0 Å². The van der Waals surface area contributed by atoms with Gasteiger partial charge in [-0.05, 0) is 35.7 Å². The average molecular weight is 462 g/mol. The van der Waals surface area contributed by atoms with Gasteiger partial charge in [0.05, 0.1) is 0 Å². The molecular weight excluding hydrogens is 439 g/mol. The second-order valence-electron chi connectivity index (χ2n) is 6.06. The van der Waals surface area contributed by atoms with Crippen molar-refractivity contribution in [1.29, 1.82) is 0 Å². The van der Waals surface area contributed by atoms with Crippen LogP contribution in [-0.4, -0.2) is 20.7 Å². The van der Waals surface area contributed by atoms with E-state index in [0.29, 0.717) is 18.4 Å². The topological polar surface area (TPSA) is 81.1 Å². The average Bonchev–Trinajstić information content (AvgIpc) is 3.09. The summed E-state index contributed by atoms with van der Waals surface area (Å²) >= 11 is 0. The molecule has 3 N–H and O–H groups in total. The zero-order valence-electron chi connectivity index (χ0n) is 14.8. The minimum absolute atomic E-state index is 0. The van der Waals surface area contributed by atoms with E-state index in [1.165, 1.54) is 5.56 Å². The lowest BCUT2D eigenvalue weighted by Crippen LogP contribution is -2.23. The molecule has 0 fully saturated rings. The van der Waals surface area contributed by atoms with E-state index >= 15 is 0 Å². The molecule has 3 aromatic rings. The molecule has 0 saturated heterocycles. The lowest BCUT2D eigenvalue weighted by molar-refractivity contribution is 0.858. The molecule has 0 aliphatic carbocycles. The Kier molecular flexibility index (Phi) is 7.14. The summed E-state index contributed by atoms with van der Waals surface area (Å²) < 4.78 is 1.90. The Morgan fingerprint density at radius 3 is 2.65 bits per heavy atom. The van der Waals surface area contributed by atoms with Crippen molar-refractivity contribution >= 4 is 35.6 Å². The monoisotopic (exact) mass is 462 g/mol. The number of hydrogen-bond donors (Lipinski definition) is 2. The predicted molar refractivity (Wildman–Crippen MR) is 116 cm³/mol. The quantitative estimate of drug-likeness (QED) is 0.342. The fourth-order valence-electron chi connectivity index (χ4n) is 2.49. The molecule has 7 heteroatoms. The predicted octanol–water partition coefficient (Wildman–Crippen LogP) is 3.94. The van der Waals surface area contributed by atoms with Crippen LogP contribution in [-0.2, 0) is 6.54 Å². The van der Waals surface area contributed by atoms with Gasteiger partial charge in [-0.25, -0.2) is 4.99 Å². The molecule has 0 atom stereocenters. The Morgan fingerprint density at radius 2 is 1.92 bits per heavy atom. The van der Waals surface area contributed by atoms with Crippen LogP contribution in [0.5, 0.6) is 0 Å². The standard InChI is InChI=1S/C19H22N6.HI/c1-14(2)15-7-6-8-16(11-15)23-19(20)21-12-18-24-22-13-25(18)17-9-4-3-5-10-17;/h3-11,13-14H,12H2,1-2H3,(H3,20,21,23);1H. The number of anilines is 1. The molecule has 3 rings (SSSR count). The summed E-state index contributed by atoms with van der Waals surface area (Å²) in [6.07, 6.45) is 1.68. The van der Waals surface area contributed by atoms with E-state index in [-0.39, 0.29) is 24.0 Å². The number of nitrogens with one attached hydrogen (secondary N) is 1. The van der Waals surface area contributed by atoms with Crippen molar-refractivity contribution in [3.8, 4) is 5.69 Å². The molecule has 0 amide bonds.